The molecule has 1 aromatic carbocycles. The van der Waals surface area contributed by atoms with E-state index in [1.165, 1.54) is 14.0 Å². The summed E-state index contributed by atoms with van der Waals surface area (Å²) in [5.41, 5.74) is 8.09. The molecule has 2 rings (SSSR count). The fourth-order valence-electron chi connectivity index (χ4n) is 1.73. The van der Waals surface area contributed by atoms with Gasteiger partial charge in [0.15, 0.2) is 5.13 Å². The minimum atomic E-state index is 0.367. The molecule has 0 saturated heterocycles. The predicted octanol–water partition coefficient (Wildman–Crippen LogP) is 3.79. The van der Waals surface area contributed by atoms with E-state index in [-0.39, 0.29) is 0 Å². The fraction of sp³-hybridized carbons (Fsp3) is 0.250. The Morgan fingerprint density at radius 2 is 1.94 bits per heavy atom. The lowest BCUT2D eigenvalue weighted by Crippen LogP contribution is -1.95. The fourth-order valence-corrected chi connectivity index (χ4v) is 3.01. The third-order valence-corrected chi connectivity index (χ3v) is 4.50. The summed E-state index contributed by atoms with van der Waals surface area (Å²) in [5, 5.41) is 0.657. The molecular weight excluding hydrogens is 331 g/mol. The van der Waals surface area contributed by atoms with Crippen LogP contribution in [0.25, 0.3) is 0 Å². The van der Waals surface area contributed by atoms with E-state index in [1.54, 1.807) is 11.3 Å². The molecule has 1 unspecified atom stereocenters. The van der Waals surface area contributed by atoms with Gasteiger partial charge in [-0.1, -0.05) is 19.1 Å². The van der Waals surface area contributed by atoms with Gasteiger partial charge in [0.25, 0.3) is 0 Å². The summed E-state index contributed by atoms with van der Waals surface area (Å²) >= 11 is 3.90. The third kappa shape index (κ3) is 2.38. The molecule has 2 aromatic rings. The van der Waals surface area contributed by atoms with Crippen LogP contribution < -0.4 is 5.73 Å². The number of nitrogens with zero attached hydrogens (tertiary/aromatic N) is 1. The summed E-state index contributed by atoms with van der Waals surface area (Å²) < 4.78 is 1.26. The first kappa shape index (κ1) is 11.9. The van der Waals surface area contributed by atoms with Crippen LogP contribution in [0.4, 0.5) is 5.13 Å². The maximum Gasteiger partial charge on any atom is 0.180 e. The van der Waals surface area contributed by atoms with Crippen LogP contribution in [0.1, 0.15) is 29.0 Å². The van der Waals surface area contributed by atoms with Crippen molar-refractivity contribution in [3.05, 3.63) is 44.0 Å². The number of aryl methyl sites for hydroxylation is 1. The van der Waals surface area contributed by atoms with Gasteiger partial charge in [0, 0.05) is 14.4 Å². The predicted molar refractivity (Wildman–Crippen MR) is 77.9 cm³/mol. The van der Waals surface area contributed by atoms with Crippen molar-refractivity contribution in [2.45, 2.75) is 19.8 Å². The molecule has 0 saturated carbocycles. The highest BCUT2D eigenvalue weighted by molar-refractivity contribution is 14.1. The number of thiazole rings is 1. The van der Waals surface area contributed by atoms with E-state index in [1.807, 2.05) is 6.92 Å². The number of nitrogens with two attached hydrogens (primary N) is 1. The van der Waals surface area contributed by atoms with Crippen LogP contribution in [-0.4, -0.2) is 4.98 Å². The third-order valence-electron chi connectivity index (χ3n) is 2.61. The number of rotatable bonds is 2. The van der Waals surface area contributed by atoms with E-state index in [9.17, 15) is 0 Å². The minimum Gasteiger partial charge on any atom is -0.375 e. The molecule has 0 amide bonds. The highest BCUT2D eigenvalue weighted by Gasteiger charge is 2.14. The number of halogens is 1. The lowest BCUT2D eigenvalue weighted by molar-refractivity contribution is 0.926. The van der Waals surface area contributed by atoms with Crippen molar-refractivity contribution in [1.82, 2.24) is 4.98 Å². The molecule has 0 aliphatic rings. The Bertz CT molecular complexity index is 490. The van der Waals surface area contributed by atoms with Gasteiger partial charge in [-0.2, -0.15) is 0 Å². The second kappa shape index (κ2) is 4.71. The zero-order valence-electron chi connectivity index (χ0n) is 9.20. The van der Waals surface area contributed by atoms with Crippen molar-refractivity contribution in [1.29, 1.82) is 0 Å². The number of hydrogen-bond donors (Lipinski definition) is 1. The summed E-state index contributed by atoms with van der Waals surface area (Å²) in [6.45, 7) is 4.22. The molecule has 1 aromatic heterocycles. The molecule has 0 aliphatic heterocycles. The molecule has 0 aliphatic carbocycles. The summed E-state index contributed by atoms with van der Waals surface area (Å²) in [6, 6.07) is 8.60. The van der Waals surface area contributed by atoms with E-state index < -0.39 is 0 Å². The summed E-state index contributed by atoms with van der Waals surface area (Å²) in [6.07, 6.45) is 0. The summed E-state index contributed by atoms with van der Waals surface area (Å²) in [5.74, 6) is 0.367. The van der Waals surface area contributed by atoms with Gasteiger partial charge in [0.2, 0.25) is 0 Å². The van der Waals surface area contributed by atoms with Gasteiger partial charge >= 0.3 is 0 Å². The van der Waals surface area contributed by atoms with Crippen molar-refractivity contribution in [2.24, 2.45) is 0 Å². The molecule has 84 valence electrons. The normalized spacial score (nSPS) is 12.7. The van der Waals surface area contributed by atoms with Crippen molar-refractivity contribution >= 4 is 39.1 Å². The molecule has 1 atom stereocenters. The lowest BCUT2D eigenvalue weighted by atomic mass is 9.99. The van der Waals surface area contributed by atoms with Gasteiger partial charge in [-0.15, -0.1) is 11.3 Å². The van der Waals surface area contributed by atoms with Crippen LogP contribution in [0, 0.1) is 10.5 Å². The number of anilines is 1. The van der Waals surface area contributed by atoms with Gasteiger partial charge in [-0.3, -0.25) is 0 Å². The summed E-state index contributed by atoms with van der Waals surface area (Å²) in [4.78, 5) is 5.53. The van der Waals surface area contributed by atoms with E-state index >= 15 is 0 Å². The van der Waals surface area contributed by atoms with Crippen molar-refractivity contribution in [2.75, 3.05) is 5.73 Å². The Morgan fingerprint density at radius 3 is 2.44 bits per heavy atom. The Morgan fingerprint density at radius 1 is 1.31 bits per heavy atom. The van der Waals surface area contributed by atoms with Gasteiger partial charge < -0.3 is 5.73 Å². The number of aromatic nitrogens is 1. The number of nitrogen functional groups attached to an aromatic ring is 1. The molecule has 1 heterocycles. The first-order valence-electron chi connectivity index (χ1n) is 5.06. The molecule has 0 fully saturated rings. The van der Waals surface area contributed by atoms with Crippen LogP contribution >= 0.6 is 33.9 Å². The average molecular weight is 344 g/mol. The van der Waals surface area contributed by atoms with Gasteiger partial charge in [0.05, 0.1) is 5.69 Å². The molecule has 2 nitrogen and oxygen atoms in total. The Balaban J connectivity index is 2.35. The molecular formula is C12H13IN2S. The molecule has 0 bridgehead atoms. The van der Waals surface area contributed by atoms with E-state index in [0.29, 0.717) is 11.0 Å². The Hall–Kier alpha value is -0.620. The monoisotopic (exact) mass is 344 g/mol. The number of hydrogen-bond acceptors (Lipinski definition) is 3. The molecule has 4 heteroatoms. The lowest BCUT2D eigenvalue weighted by Gasteiger charge is -2.10. The number of benzene rings is 1. The van der Waals surface area contributed by atoms with E-state index in [0.717, 1.165) is 5.69 Å². The topological polar surface area (TPSA) is 38.9 Å². The average Bonchev–Trinajstić information content (AvgIpc) is 2.58. The van der Waals surface area contributed by atoms with Crippen molar-refractivity contribution < 1.29 is 0 Å². The van der Waals surface area contributed by atoms with Crippen LogP contribution in [-0.2, 0) is 0 Å². The first-order valence-corrected chi connectivity index (χ1v) is 6.95. The highest BCUT2D eigenvalue weighted by atomic mass is 127. The first-order chi connectivity index (χ1) is 7.58. The largest absolute Gasteiger partial charge is 0.375 e. The summed E-state index contributed by atoms with van der Waals surface area (Å²) in [7, 11) is 0. The van der Waals surface area contributed by atoms with Gasteiger partial charge in [0.1, 0.15) is 0 Å². The maximum absolute atomic E-state index is 5.73. The highest BCUT2D eigenvalue weighted by Crippen LogP contribution is 2.32. The zero-order chi connectivity index (χ0) is 11.7. The second-order valence-corrected chi connectivity index (χ2v) is 6.08. The van der Waals surface area contributed by atoms with Crippen LogP contribution in [0.3, 0.4) is 0 Å². The van der Waals surface area contributed by atoms with E-state index in [4.69, 9.17) is 5.73 Å². The van der Waals surface area contributed by atoms with Gasteiger partial charge in [-0.25, -0.2) is 4.98 Å². The minimum absolute atomic E-state index is 0.367. The SMILES string of the molecule is Cc1nc(N)sc1C(C)c1ccc(I)cc1. The maximum atomic E-state index is 5.73. The molecule has 2 N–H and O–H groups in total. The second-order valence-electron chi connectivity index (χ2n) is 3.78. The Kier molecular flexibility index (Phi) is 3.49. The van der Waals surface area contributed by atoms with Crippen LogP contribution in [0.5, 0.6) is 0 Å². The van der Waals surface area contributed by atoms with E-state index in [2.05, 4.69) is 58.8 Å². The van der Waals surface area contributed by atoms with Crippen LogP contribution in [0.2, 0.25) is 0 Å². The van der Waals surface area contributed by atoms with Crippen LogP contribution in [0.15, 0.2) is 24.3 Å². The quantitative estimate of drug-likeness (QED) is 0.842. The molecule has 0 radical (unpaired) electrons. The van der Waals surface area contributed by atoms with Gasteiger partial charge in [-0.05, 0) is 47.2 Å². The van der Waals surface area contributed by atoms with Crippen molar-refractivity contribution in [3.8, 4) is 0 Å². The zero-order valence-corrected chi connectivity index (χ0v) is 12.2. The van der Waals surface area contributed by atoms with Crippen molar-refractivity contribution in [3.63, 3.8) is 0 Å². The molecule has 0 spiro atoms. The Labute approximate surface area is 113 Å². The molecule has 16 heavy (non-hydrogen) atoms. The smallest absolute Gasteiger partial charge is 0.180 e. The standard InChI is InChI=1S/C12H13IN2S/c1-7(9-3-5-10(13)6-4-9)11-8(2)15-12(14)16-11/h3-7H,1-2H3,(H2,14,15).